The zero-order valence-corrected chi connectivity index (χ0v) is 15.3. The molecule has 0 saturated carbocycles. The van der Waals surface area contributed by atoms with Gasteiger partial charge in [0.25, 0.3) is 0 Å². The minimum Gasteiger partial charge on any atom is -0.321 e. The molecule has 27 heavy (non-hydrogen) atoms. The van der Waals surface area contributed by atoms with Crippen LogP contribution in [0.25, 0.3) is 11.0 Å². The van der Waals surface area contributed by atoms with E-state index in [1.165, 1.54) is 6.20 Å². The molecule has 144 valence electrons. The van der Waals surface area contributed by atoms with Crippen LogP contribution in [0, 0.1) is 6.92 Å². The van der Waals surface area contributed by atoms with Crippen LogP contribution in [0.4, 0.5) is 19.0 Å². The Labute approximate surface area is 154 Å². The number of amides is 1. The van der Waals surface area contributed by atoms with E-state index in [1.54, 1.807) is 23.9 Å². The summed E-state index contributed by atoms with van der Waals surface area (Å²) in [6, 6.07) is 4.20. The number of pyridine rings is 1. The van der Waals surface area contributed by atoms with E-state index in [0.29, 0.717) is 11.2 Å². The van der Waals surface area contributed by atoms with Crippen molar-refractivity contribution in [1.29, 1.82) is 0 Å². The van der Waals surface area contributed by atoms with Crippen LogP contribution in [-0.4, -0.2) is 25.2 Å². The topological polar surface area (TPSA) is 64.7 Å². The molecule has 0 saturated heterocycles. The van der Waals surface area contributed by atoms with Gasteiger partial charge in [0, 0.05) is 37.2 Å². The van der Waals surface area contributed by atoms with Crippen LogP contribution in [-0.2, 0) is 31.0 Å². The van der Waals surface area contributed by atoms with E-state index in [9.17, 15) is 18.0 Å². The molecular formula is C18H20F3N5O. The molecule has 0 bridgehead atoms. The fraction of sp³-hybridized carbons (Fsp3) is 0.389. The number of hydrogen-bond donors (Lipinski definition) is 1. The third-order valence-electron chi connectivity index (χ3n) is 4.48. The second-order valence-corrected chi connectivity index (χ2v) is 6.29. The molecule has 0 radical (unpaired) electrons. The predicted molar refractivity (Wildman–Crippen MR) is 95.3 cm³/mol. The minimum absolute atomic E-state index is 0.116. The summed E-state index contributed by atoms with van der Waals surface area (Å²) in [6.45, 7) is 3.69. The maximum absolute atomic E-state index is 13.3. The second-order valence-electron chi connectivity index (χ2n) is 6.29. The van der Waals surface area contributed by atoms with Gasteiger partial charge in [-0.05, 0) is 31.5 Å². The zero-order valence-electron chi connectivity index (χ0n) is 15.3. The van der Waals surface area contributed by atoms with E-state index in [-0.39, 0.29) is 24.5 Å². The molecule has 0 atom stereocenters. The van der Waals surface area contributed by atoms with Gasteiger partial charge in [-0.25, -0.2) is 4.98 Å². The summed E-state index contributed by atoms with van der Waals surface area (Å²) < 4.78 is 42.6. The van der Waals surface area contributed by atoms with Gasteiger partial charge < -0.3 is 9.88 Å². The van der Waals surface area contributed by atoms with Crippen LogP contribution in [0.2, 0.25) is 0 Å². The molecule has 0 aliphatic rings. The average molecular weight is 379 g/mol. The number of aryl methyl sites for hydroxylation is 3. The first-order chi connectivity index (χ1) is 12.7. The monoisotopic (exact) mass is 379 g/mol. The number of hydrogen-bond acceptors (Lipinski definition) is 3. The van der Waals surface area contributed by atoms with E-state index in [1.807, 2.05) is 13.8 Å². The fourth-order valence-corrected chi connectivity index (χ4v) is 3.15. The molecule has 9 heteroatoms. The van der Waals surface area contributed by atoms with Crippen molar-refractivity contribution in [3.8, 4) is 0 Å². The average Bonchev–Trinajstić information content (AvgIpc) is 3.12. The van der Waals surface area contributed by atoms with Gasteiger partial charge in [-0.1, -0.05) is 6.92 Å². The minimum atomic E-state index is -4.52. The first-order valence-corrected chi connectivity index (χ1v) is 8.56. The number of nitrogens with zero attached hydrogens (tertiary/aromatic N) is 4. The van der Waals surface area contributed by atoms with Crippen LogP contribution in [0.1, 0.15) is 30.3 Å². The summed E-state index contributed by atoms with van der Waals surface area (Å²) >= 11 is 0. The molecule has 3 aromatic rings. The van der Waals surface area contributed by atoms with Gasteiger partial charge in [0.1, 0.15) is 17.2 Å². The zero-order chi connectivity index (χ0) is 19.8. The van der Waals surface area contributed by atoms with E-state index < -0.39 is 11.9 Å². The number of nitrogens with one attached hydrogen (secondary N) is 1. The molecule has 3 aromatic heterocycles. The van der Waals surface area contributed by atoms with E-state index >= 15 is 0 Å². The standard InChI is InChI=1S/C18H20F3N5O/c1-4-13-11(2)16(25(3)24-13)23-15(27)7-9-26-14(18(19,20)21)10-12-6-5-8-22-17(12)26/h5-6,8,10H,4,7,9H2,1-3H3,(H,23,27). The molecule has 0 aliphatic carbocycles. The molecular weight excluding hydrogens is 359 g/mol. The number of aromatic nitrogens is 4. The third-order valence-corrected chi connectivity index (χ3v) is 4.48. The molecule has 0 aromatic carbocycles. The van der Waals surface area contributed by atoms with Gasteiger partial charge in [-0.2, -0.15) is 18.3 Å². The van der Waals surface area contributed by atoms with Gasteiger partial charge in [-0.15, -0.1) is 0 Å². The highest BCUT2D eigenvalue weighted by molar-refractivity contribution is 5.90. The van der Waals surface area contributed by atoms with Crippen molar-refractivity contribution in [3.63, 3.8) is 0 Å². The van der Waals surface area contributed by atoms with Crippen molar-refractivity contribution < 1.29 is 18.0 Å². The number of anilines is 1. The molecule has 1 amide bonds. The Kier molecular flexibility index (Phi) is 4.95. The normalized spacial score (nSPS) is 11.9. The van der Waals surface area contributed by atoms with E-state index in [4.69, 9.17) is 0 Å². The molecule has 3 rings (SSSR count). The summed E-state index contributed by atoms with van der Waals surface area (Å²) in [5.74, 6) is 0.179. The van der Waals surface area contributed by atoms with Gasteiger partial charge in [0.05, 0.1) is 5.69 Å². The predicted octanol–water partition coefficient (Wildman–Crippen LogP) is 3.69. The fourth-order valence-electron chi connectivity index (χ4n) is 3.15. The lowest BCUT2D eigenvalue weighted by atomic mass is 10.2. The van der Waals surface area contributed by atoms with Crippen molar-refractivity contribution in [3.05, 3.63) is 41.3 Å². The van der Waals surface area contributed by atoms with Gasteiger partial charge in [0.2, 0.25) is 5.91 Å². The Morgan fingerprint density at radius 3 is 2.70 bits per heavy atom. The number of carbonyl (C=O) groups is 1. The van der Waals surface area contributed by atoms with E-state index in [2.05, 4.69) is 15.4 Å². The number of fused-ring (bicyclic) bond motifs is 1. The first-order valence-electron chi connectivity index (χ1n) is 8.56. The smallest absolute Gasteiger partial charge is 0.321 e. The summed E-state index contributed by atoms with van der Waals surface area (Å²) in [5.41, 5.74) is 1.13. The Hall–Kier alpha value is -2.84. The lowest BCUT2D eigenvalue weighted by molar-refractivity contribution is -0.143. The molecule has 0 fully saturated rings. The number of halogens is 3. The summed E-state index contributed by atoms with van der Waals surface area (Å²) in [7, 11) is 1.72. The summed E-state index contributed by atoms with van der Waals surface area (Å²) in [6.07, 6.45) is -2.48. The second kappa shape index (κ2) is 7.05. The first kappa shape index (κ1) is 18.9. The molecule has 3 heterocycles. The molecule has 1 N–H and O–H groups in total. The van der Waals surface area contributed by atoms with Crippen LogP contribution in [0.3, 0.4) is 0 Å². The van der Waals surface area contributed by atoms with Crippen molar-refractivity contribution in [1.82, 2.24) is 19.3 Å². The lowest BCUT2D eigenvalue weighted by Gasteiger charge is -2.13. The molecule has 0 aliphatic heterocycles. The Bertz CT molecular complexity index is 987. The SMILES string of the molecule is CCc1nn(C)c(NC(=O)CCn2c(C(F)(F)F)cc3cccnc32)c1C. The van der Waals surface area contributed by atoms with Crippen LogP contribution >= 0.6 is 0 Å². The maximum Gasteiger partial charge on any atom is 0.431 e. The van der Waals surface area contributed by atoms with Crippen molar-refractivity contribution in [2.75, 3.05) is 5.32 Å². The maximum atomic E-state index is 13.3. The molecule has 0 spiro atoms. The molecule has 0 unspecified atom stereocenters. The lowest BCUT2D eigenvalue weighted by Crippen LogP contribution is -2.20. The highest BCUT2D eigenvalue weighted by Crippen LogP contribution is 2.33. The van der Waals surface area contributed by atoms with Crippen molar-refractivity contribution in [2.24, 2.45) is 7.05 Å². The third kappa shape index (κ3) is 3.67. The Morgan fingerprint density at radius 2 is 2.07 bits per heavy atom. The van der Waals surface area contributed by atoms with Crippen LogP contribution in [0.5, 0.6) is 0 Å². The number of alkyl halides is 3. The van der Waals surface area contributed by atoms with Gasteiger partial charge in [0.15, 0.2) is 0 Å². The largest absolute Gasteiger partial charge is 0.431 e. The Morgan fingerprint density at radius 1 is 1.33 bits per heavy atom. The quantitative estimate of drug-likeness (QED) is 0.735. The van der Waals surface area contributed by atoms with E-state index in [0.717, 1.165) is 28.3 Å². The number of carbonyl (C=O) groups excluding carboxylic acids is 1. The van der Waals surface area contributed by atoms with Crippen molar-refractivity contribution in [2.45, 2.75) is 39.4 Å². The van der Waals surface area contributed by atoms with Gasteiger partial charge >= 0.3 is 6.18 Å². The van der Waals surface area contributed by atoms with Crippen LogP contribution in [0.15, 0.2) is 24.4 Å². The highest BCUT2D eigenvalue weighted by Gasteiger charge is 2.35. The van der Waals surface area contributed by atoms with Crippen molar-refractivity contribution >= 4 is 22.8 Å². The highest BCUT2D eigenvalue weighted by atomic mass is 19.4. The Balaban J connectivity index is 1.81. The molecule has 6 nitrogen and oxygen atoms in total. The summed E-state index contributed by atoms with van der Waals surface area (Å²) in [5, 5.41) is 7.45. The van der Waals surface area contributed by atoms with Gasteiger partial charge in [-0.3, -0.25) is 9.48 Å². The number of rotatable bonds is 5. The summed E-state index contributed by atoms with van der Waals surface area (Å²) in [4.78, 5) is 16.4. The van der Waals surface area contributed by atoms with Crippen LogP contribution < -0.4 is 5.32 Å².